The maximum atomic E-state index is 11.7. The molecule has 1 atom stereocenters. The van der Waals surface area contributed by atoms with Crippen molar-refractivity contribution in [1.82, 2.24) is 15.1 Å². The van der Waals surface area contributed by atoms with Crippen LogP contribution in [0.1, 0.15) is 34.6 Å². The summed E-state index contributed by atoms with van der Waals surface area (Å²) in [5.74, 6) is 0.951. The smallest absolute Gasteiger partial charge is 0.319 e. The lowest BCUT2D eigenvalue weighted by atomic mass is 10.1. The van der Waals surface area contributed by atoms with Crippen LogP contribution in [0, 0.1) is 11.8 Å². The molecule has 1 rings (SSSR count). The second-order valence-electron chi connectivity index (χ2n) is 5.48. The first-order valence-corrected chi connectivity index (χ1v) is 6.48. The van der Waals surface area contributed by atoms with Gasteiger partial charge in [-0.1, -0.05) is 27.7 Å². The summed E-state index contributed by atoms with van der Waals surface area (Å²) in [7, 11) is 0. The number of carbonyl (C=O) groups is 1. The van der Waals surface area contributed by atoms with E-state index in [0.717, 1.165) is 12.2 Å². The molecule has 0 saturated carbocycles. The van der Waals surface area contributed by atoms with Gasteiger partial charge in [0.2, 0.25) is 0 Å². The van der Waals surface area contributed by atoms with Crippen molar-refractivity contribution in [2.75, 3.05) is 5.32 Å². The zero-order valence-corrected chi connectivity index (χ0v) is 11.9. The van der Waals surface area contributed by atoms with Crippen LogP contribution in [-0.4, -0.2) is 21.9 Å². The van der Waals surface area contributed by atoms with Crippen LogP contribution in [0.25, 0.3) is 0 Å². The molecule has 5 heteroatoms. The quantitative estimate of drug-likeness (QED) is 0.846. The highest BCUT2D eigenvalue weighted by Gasteiger charge is 2.11. The number of nitrogens with one attached hydrogen (secondary N) is 2. The van der Waals surface area contributed by atoms with Gasteiger partial charge in [-0.2, -0.15) is 5.10 Å². The molecular formula is C13H24N4O. The van der Waals surface area contributed by atoms with E-state index in [-0.39, 0.29) is 12.1 Å². The Morgan fingerprint density at radius 3 is 2.56 bits per heavy atom. The highest BCUT2D eigenvalue weighted by molar-refractivity contribution is 5.89. The number of aromatic nitrogens is 2. The summed E-state index contributed by atoms with van der Waals surface area (Å²) in [4.78, 5) is 11.7. The summed E-state index contributed by atoms with van der Waals surface area (Å²) < 4.78 is 1.84. The molecule has 0 aromatic carbocycles. The van der Waals surface area contributed by atoms with Crippen molar-refractivity contribution >= 4 is 11.7 Å². The molecule has 102 valence electrons. The number of hydrogen-bond donors (Lipinski definition) is 2. The molecule has 0 aliphatic heterocycles. The number of amides is 2. The molecule has 0 bridgehead atoms. The number of carbonyl (C=O) groups excluding carboxylic acids is 1. The van der Waals surface area contributed by atoms with E-state index in [1.807, 2.05) is 17.8 Å². The topological polar surface area (TPSA) is 59.0 Å². The van der Waals surface area contributed by atoms with Gasteiger partial charge in [0, 0.05) is 18.8 Å². The van der Waals surface area contributed by atoms with Gasteiger partial charge in [0.05, 0.1) is 11.9 Å². The fraction of sp³-hybridized carbons (Fsp3) is 0.692. The van der Waals surface area contributed by atoms with Gasteiger partial charge in [-0.25, -0.2) is 4.79 Å². The number of nitrogens with zero attached hydrogens (tertiary/aromatic N) is 2. The highest BCUT2D eigenvalue weighted by atomic mass is 16.2. The molecule has 1 aromatic rings. The van der Waals surface area contributed by atoms with Crippen molar-refractivity contribution in [2.24, 2.45) is 11.8 Å². The van der Waals surface area contributed by atoms with Gasteiger partial charge < -0.3 is 10.6 Å². The average molecular weight is 252 g/mol. The van der Waals surface area contributed by atoms with Crippen LogP contribution >= 0.6 is 0 Å². The molecular weight excluding hydrogens is 228 g/mol. The first-order chi connectivity index (χ1) is 8.38. The predicted octanol–water partition coefficient (Wildman–Crippen LogP) is 2.71. The van der Waals surface area contributed by atoms with E-state index >= 15 is 0 Å². The van der Waals surface area contributed by atoms with Crippen LogP contribution in [0.15, 0.2) is 12.4 Å². The van der Waals surface area contributed by atoms with Crippen LogP contribution in [0.4, 0.5) is 10.5 Å². The Labute approximate surface area is 109 Å². The first-order valence-electron chi connectivity index (χ1n) is 6.48. The van der Waals surface area contributed by atoms with Crippen molar-refractivity contribution < 1.29 is 4.79 Å². The normalized spacial score (nSPS) is 12.8. The van der Waals surface area contributed by atoms with Crippen molar-refractivity contribution in [3.8, 4) is 0 Å². The van der Waals surface area contributed by atoms with E-state index in [1.54, 1.807) is 6.20 Å². The van der Waals surface area contributed by atoms with Crippen molar-refractivity contribution in [3.05, 3.63) is 12.4 Å². The molecule has 0 aliphatic carbocycles. The van der Waals surface area contributed by atoms with Gasteiger partial charge in [0.25, 0.3) is 0 Å². The maximum Gasteiger partial charge on any atom is 0.319 e. The minimum absolute atomic E-state index is 0.149. The van der Waals surface area contributed by atoms with Gasteiger partial charge in [-0.15, -0.1) is 0 Å². The molecule has 1 heterocycles. The van der Waals surface area contributed by atoms with Crippen molar-refractivity contribution in [3.63, 3.8) is 0 Å². The number of rotatable bonds is 5. The molecule has 1 aromatic heterocycles. The number of hydrogen-bond acceptors (Lipinski definition) is 2. The fourth-order valence-electron chi connectivity index (χ4n) is 1.44. The lowest BCUT2D eigenvalue weighted by Gasteiger charge is -2.17. The van der Waals surface area contributed by atoms with Crippen LogP contribution in [0.2, 0.25) is 0 Å². The van der Waals surface area contributed by atoms with E-state index in [9.17, 15) is 4.79 Å². The predicted molar refractivity (Wildman–Crippen MR) is 73.5 cm³/mol. The molecule has 18 heavy (non-hydrogen) atoms. The van der Waals surface area contributed by atoms with Gasteiger partial charge >= 0.3 is 6.03 Å². The van der Waals surface area contributed by atoms with Crippen LogP contribution in [0.3, 0.4) is 0 Å². The molecule has 0 radical (unpaired) electrons. The van der Waals surface area contributed by atoms with Crippen molar-refractivity contribution in [1.29, 1.82) is 0 Å². The van der Waals surface area contributed by atoms with E-state index in [4.69, 9.17) is 0 Å². The SMILES string of the molecule is CC(C)Cn1cc(NC(=O)N[C@@H](C)C(C)C)cn1. The standard InChI is InChI=1S/C13H24N4O/c1-9(2)7-17-8-12(6-14-17)16-13(18)15-11(5)10(3)4/h6,8-11H,7H2,1-5H3,(H2,15,16,18)/t11-/m0/s1. The Balaban J connectivity index is 2.47. The summed E-state index contributed by atoms with van der Waals surface area (Å²) in [5.41, 5.74) is 0.726. The van der Waals surface area contributed by atoms with Gasteiger partial charge in [-0.3, -0.25) is 4.68 Å². The third kappa shape index (κ3) is 4.77. The van der Waals surface area contributed by atoms with E-state index in [1.165, 1.54) is 0 Å². The van der Waals surface area contributed by atoms with Crippen molar-refractivity contribution in [2.45, 2.75) is 47.2 Å². The van der Waals surface area contributed by atoms with E-state index in [0.29, 0.717) is 11.8 Å². The summed E-state index contributed by atoms with van der Waals surface area (Å²) in [6, 6.07) is -0.0315. The molecule has 2 N–H and O–H groups in total. The maximum absolute atomic E-state index is 11.7. The third-order valence-corrected chi connectivity index (χ3v) is 2.80. The molecule has 0 fully saturated rings. The lowest BCUT2D eigenvalue weighted by molar-refractivity contribution is 0.246. The van der Waals surface area contributed by atoms with Gasteiger partial charge in [-0.05, 0) is 18.8 Å². The minimum Gasteiger partial charge on any atom is -0.335 e. The number of urea groups is 1. The monoisotopic (exact) mass is 252 g/mol. The zero-order valence-electron chi connectivity index (χ0n) is 11.9. The molecule has 2 amide bonds. The van der Waals surface area contributed by atoms with Gasteiger partial charge in [0.1, 0.15) is 0 Å². The lowest BCUT2D eigenvalue weighted by Crippen LogP contribution is -2.38. The van der Waals surface area contributed by atoms with E-state index < -0.39 is 0 Å². The zero-order chi connectivity index (χ0) is 13.7. The molecule has 5 nitrogen and oxygen atoms in total. The molecule has 0 unspecified atom stereocenters. The van der Waals surface area contributed by atoms with Crippen LogP contribution < -0.4 is 10.6 Å². The highest BCUT2D eigenvalue weighted by Crippen LogP contribution is 2.07. The first kappa shape index (κ1) is 14.5. The minimum atomic E-state index is -0.180. The summed E-state index contributed by atoms with van der Waals surface area (Å²) >= 11 is 0. The Bertz CT molecular complexity index is 384. The summed E-state index contributed by atoms with van der Waals surface area (Å²) in [6.45, 7) is 11.3. The Hall–Kier alpha value is -1.52. The Morgan fingerprint density at radius 2 is 2.00 bits per heavy atom. The summed E-state index contributed by atoms with van der Waals surface area (Å²) in [5, 5.41) is 9.88. The molecule has 0 aliphatic rings. The molecule has 0 saturated heterocycles. The average Bonchev–Trinajstić information content (AvgIpc) is 2.63. The largest absolute Gasteiger partial charge is 0.335 e. The van der Waals surface area contributed by atoms with Crippen LogP contribution in [0.5, 0.6) is 0 Å². The number of anilines is 1. The Morgan fingerprint density at radius 1 is 1.33 bits per heavy atom. The molecule has 0 spiro atoms. The third-order valence-electron chi connectivity index (χ3n) is 2.80. The van der Waals surface area contributed by atoms with Crippen LogP contribution in [-0.2, 0) is 6.54 Å². The fourth-order valence-corrected chi connectivity index (χ4v) is 1.44. The summed E-state index contributed by atoms with van der Waals surface area (Å²) in [6.07, 6.45) is 3.52. The second-order valence-corrected chi connectivity index (χ2v) is 5.48. The second kappa shape index (κ2) is 6.42. The Kier molecular flexibility index (Phi) is 5.19. The van der Waals surface area contributed by atoms with Gasteiger partial charge in [0.15, 0.2) is 0 Å². The van der Waals surface area contributed by atoms with E-state index in [2.05, 4.69) is 43.4 Å².